The molecule has 0 heterocycles. The van der Waals surface area contributed by atoms with Crippen molar-refractivity contribution in [1.29, 1.82) is 0 Å². The third-order valence-electron chi connectivity index (χ3n) is 10.4. The maximum absolute atomic E-state index is 2.61. The summed E-state index contributed by atoms with van der Waals surface area (Å²) in [4.78, 5) is 0. The fourth-order valence-electron chi connectivity index (χ4n) is 8.58. The van der Waals surface area contributed by atoms with Crippen LogP contribution in [0.25, 0.3) is 0 Å². The van der Waals surface area contributed by atoms with E-state index in [-0.39, 0.29) is 0 Å². The normalized spacial score (nSPS) is 42.7. The van der Waals surface area contributed by atoms with Crippen molar-refractivity contribution in [2.75, 3.05) is 0 Å². The van der Waals surface area contributed by atoms with Crippen LogP contribution in [0.1, 0.15) is 120 Å². The predicted octanol–water partition coefficient (Wildman–Crippen LogP) is 9.87. The van der Waals surface area contributed by atoms with Crippen molar-refractivity contribution in [3.05, 3.63) is 0 Å². The van der Waals surface area contributed by atoms with Crippen LogP contribution in [0.3, 0.4) is 0 Å². The monoisotopic (exact) mass is 537 g/mol. The molecule has 0 aromatic carbocycles. The molecule has 3 aliphatic carbocycles. The summed E-state index contributed by atoms with van der Waals surface area (Å²) < 4.78 is 3.54. The first-order valence-electron chi connectivity index (χ1n) is 14.5. The van der Waals surface area contributed by atoms with Gasteiger partial charge in [0.15, 0.2) is 0 Å². The van der Waals surface area contributed by atoms with Crippen molar-refractivity contribution < 1.29 is 0 Å². The van der Waals surface area contributed by atoms with Crippen molar-refractivity contribution in [3.63, 3.8) is 0 Å². The summed E-state index contributed by atoms with van der Waals surface area (Å²) in [5.41, 5.74) is 0. The van der Waals surface area contributed by atoms with Crippen molar-refractivity contribution in [2.24, 2.45) is 53.3 Å². The van der Waals surface area contributed by atoms with Gasteiger partial charge in [0.05, 0.1) is 0 Å². The van der Waals surface area contributed by atoms with Gasteiger partial charge >= 0.3 is 205 Å². The van der Waals surface area contributed by atoms with Crippen LogP contribution in [0, 0.1) is 53.3 Å². The Kier molecular flexibility index (Phi) is 9.78. The average molecular weight is 536 g/mol. The van der Waals surface area contributed by atoms with Gasteiger partial charge in [0.1, 0.15) is 0 Å². The molecule has 3 rings (SSSR count). The molecule has 9 atom stereocenters. The van der Waals surface area contributed by atoms with E-state index in [1.807, 2.05) is 0 Å². The van der Waals surface area contributed by atoms with Gasteiger partial charge in [-0.05, 0) is 0 Å². The second kappa shape index (κ2) is 11.5. The van der Waals surface area contributed by atoms with Gasteiger partial charge in [-0.3, -0.25) is 0 Å². The van der Waals surface area contributed by atoms with Crippen molar-refractivity contribution in [1.82, 2.24) is 0 Å². The molecule has 181 valence electrons. The van der Waals surface area contributed by atoms with Crippen LogP contribution < -0.4 is 0 Å². The quantitative estimate of drug-likeness (QED) is 0.297. The Balaban J connectivity index is 2.05. The van der Waals surface area contributed by atoms with Gasteiger partial charge < -0.3 is 0 Å². The van der Waals surface area contributed by atoms with E-state index >= 15 is 0 Å². The van der Waals surface area contributed by atoms with E-state index in [4.69, 9.17) is 0 Å². The molecule has 0 N–H and O–H groups in total. The molecule has 1 heteroatoms. The molecule has 0 nitrogen and oxygen atoms in total. The van der Waals surface area contributed by atoms with E-state index < -0.39 is 19.8 Å². The Morgan fingerprint density at radius 2 is 0.710 bits per heavy atom. The first-order valence-corrected chi connectivity index (χ1v) is 19.4. The molecule has 0 spiro atoms. The van der Waals surface area contributed by atoms with E-state index in [0.29, 0.717) is 0 Å². The zero-order valence-corrected chi connectivity index (χ0v) is 25.6. The van der Waals surface area contributed by atoms with Gasteiger partial charge in [0, 0.05) is 0 Å². The van der Waals surface area contributed by atoms with E-state index in [9.17, 15) is 0 Å². The second-order valence-electron chi connectivity index (χ2n) is 13.8. The number of rotatable bonds is 6. The first kappa shape index (κ1) is 26.4. The van der Waals surface area contributed by atoms with Crippen LogP contribution in [0.5, 0.6) is 0 Å². The second-order valence-corrected chi connectivity index (χ2v) is 23.0. The van der Waals surface area contributed by atoms with Crippen molar-refractivity contribution in [3.8, 4) is 0 Å². The fraction of sp³-hybridized carbons (Fsp3) is 1.00. The summed E-state index contributed by atoms with van der Waals surface area (Å²) >= 11 is -1.73. The third-order valence-corrected chi connectivity index (χ3v) is 23.4. The van der Waals surface area contributed by atoms with E-state index in [1.54, 1.807) is 38.5 Å². The summed E-state index contributed by atoms with van der Waals surface area (Å²) in [5.74, 6) is 8.87. The maximum atomic E-state index is 2.61. The minimum absolute atomic E-state index is 0.908. The molecule has 0 saturated heterocycles. The molecular formula is C30H57Sn. The summed E-state index contributed by atoms with van der Waals surface area (Å²) in [6.45, 7) is 23.3. The van der Waals surface area contributed by atoms with E-state index in [1.165, 1.54) is 31.1 Å². The zero-order valence-electron chi connectivity index (χ0n) is 22.8. The van der Waals surface area contributed by atoms with Crippen molar-refractivity contribution >= 4 is 19.8 Å². The van der Waals surface area contributed by atoms with Crippen LogP contribution in [0.4, 0.5) is 0 Å². The van der Waals surface area contributed by atoms with Gasteiger partial charge in [-0.25, -0.2) is 0 Å². The van der Waals surface area contributed by atoms with Gasteiger partial charge in [0.2, 0.25) is 0 Å². The average Bonchev–Trinajstić information content (AvgIpc) is 2.67. The third kappa shape index (κ3) is 6.28. The molecule has 0 aromatic rings. The topological polar surface area (TPSA) is 0 Å². The molecule has 3 aliphatic rings. The molecule has 0 bridgehead atoms. The van der Waals surface area contributed by atoms with Crippen LogP contribution in [0.2, 0.25) is 11.8 Å². The Morgan fingerprint density at radius 1 is 0.452 bits per heavy atom. The fourth-order valence-corrected chi connectivity index (χ4v) is 28.0. The zero-order chi connectivity index (χ0) is 22.9. The Morgan fingerprint density at radius 3 is 0.935 bits per heavy atom. The standard InChI is InChI=1S/3C10H19.Sn/c3*1-8(2)10-6-4-9(3)5-7-10;/h3*6,8-10H,4-5,7H2,1-3H3;. The van der Waals surface area contributed by atoms with Crippen LogP contribution >= 0.6 is 0 Å². The summed E-state index contributed by atoms with van der Waals surface area (Å²) in [7, 11) is 0. The molecule has 31 heavy (non-hydrogen) atoms. The molecule has 0 amide bonds. The number of hydrogen-bond acceptors (Lipinski definition) is 0. The predicted molar refractivity (Wildman–Crippen MR) is 141 cm³/mol. The molecule has 3 saturated carbocycles. The number of hydrogen-bond donors (Lipinski definition) is 0. The SMILES string of the molecule is CC1CCC(C(C)C)[CH]([Sn]([CH]2CC(C)CCC2C(C)C)[CH]2CC(C)CCC2C(C)C)C1. The summed E-state index contributed by atoms with van der Waals surface area (Å²) in [5, 5.41) is 0. The molecular weight excluding hydrogens is 479 g/mol. The van der Waals surface area contributed by atoms with Crippen LogP contribution in [0.15, 0.2) is 0 Å². The molecule has 9 unspecified atom stereocenters. The van der Waals surface area contributed by atoms with Crippen molar-refractivity contribution in [2.45, 2.75) is 132 Å². The summed E-state index contributed by atoms with van der Waals surface area (Å²) in [6, 6.07) is 0. The summed E-state index contributed by atoms with van der Waals surface area (Å²) in [6.07, 6.45) is 14.0. The van der Waals surface area contributed by atoms with Gasteiger partial charge in [-0.15, -0.1) is 0 Å². The Bertz CT molecular complexity index is 460. The first-order chi connectivity index (χ1) is 14.6. The molecule has 3 fully saturated rings. The molecule has 0 aliphatic heterocycles. The van der Waals surface area contributed by atoms with Gasteiger partial charge in [-0.2, -0.15) is 0 Å². The van der Waals surface area contributed by atoms with E-state index in [2.05, 4.69) is 62.3 Å². The van der Waals surface area contributed by atoms with E-state index in [0.717, 1.165) is 53.3 Å². The van der Waals surface area contributed by atoms with Crippen LogP contribution in [-0.4, -0.2) is 19.8 Å². The Hall–Kier alpha value is 0.799. The van der Waals surface area contributed by atoms with Crippen LogP contribution in [-0.2, 0) is 0 Å². The molecule has 0 aromatic heterocycles. The minimum atomic E-state index is -1.73. The Labute approximate surface area is 204 Å². The van der Waals surface area contributed by atoms with Gasteiger partial charge in [-0.1, -0.05) is 0 Å². The van der Waals surface area contributed by atoms with Gasteiger partial charge in [0.25, 0.3) is 0 Å². The molecule has 1 radical (unpaired) electrons.